The highest BCUT2D eigenvalue weighted by molar-refractivity contribution is 5.74. The molecule has 1 atom stereocenters. The summed E-state index contributed by atoms with van der Waals surface area (Å²) in [4.78, 5) is 13.6. The molecule has 1 aliphatic heterocycles. The lowest BCUT2D eigenvalue weighted by atomic mass is 10.1. The predicted molar refractivity (Wildman–Crippen MR) is 74.9 cm³/mol. The van der Waals surface area contributed by atoms with Crippen LogP contribution in [0.25, 0.3) is 0 Å². The third kappa shape index (κ3) is 4.24. The van der Waals surface area contributed by atoms with E-state index < -0.39 is 0 Å². The van der Waals surface area contributed by atoms with Crippen LogP contribution in [0, 0.1) is 5.92 Å². The van der Waals surface area contributed by atoms with E-state index in [4.69, 9.17) is 5.11 Å². The summed E-state index contributed by atoms with van der Waals surface area (Å²) < 4.78 is 0. The number of aliphatic hydroxyl groups excluding tert-OH is 1. The van der Waals surface area contributed by atoms with Crippen LogP contribution in [0.4, 0.5) is 4.79 Å². The second kappa shape index (κ2) is 7.14. The number of carbonyl (C=O) groups is 1. The number of rotatable bonds is 5. The summed E-state index contributed by atoms with van der Waals surface area (Å²) >= 11 is 0. The van der Waals surface area contributed by atoms with Gasteiger partial charge in [0.05, 0.1) is 0 Å². The number of amides is 2. The molecule has 0 saturated carbocycles. The van der Waals surface area contributed by atoms with Gasteiger partial charge in [-0.1, -0.05) is 30.3 Å². The largest absolute Gasteiger partial charge is 0.396 e. The maximum atomic E-state index is 11.9. The first kappa shape index (κ1) is 13.9. The minimum atomic E-state index is 0.00371. The summed E-state index contributed by atoms with van der Waals surface area (Å²) in [6, 6.07) is 10.3. The molecule has 1 fully saturated rings. The van der Waals surface area contributed by atoms with E-state index in [-0.39, 0.29) is 18.6 Å². The Morgan fingerprint density at radius 1 is 1.37 bits per heavy atom. The number of hydrogen-bond donors (Lipinski definition) is 2. The number of nitrogens with one attached hydrogen (secondary N) is 1. The Kier molecular flexibility index (Phi) is 5.21. The molecular weight excluding hydrogens is 240 g/mol. The predicted octanol–water partition coefficient (Wildman–Crippen LogP) is 1.64. The van der Waals surface area contributed by atoms with Crippen molar-refractivity contribution in [1.29, 1.82) is 0 Å². The number of aryl methyl sites for hydroxylation is 1. The van der Waals surface area contributed by atoms with E-state index in [1.54, 1.807) is 4.90 Å². The topological polar surface area (TPSA) is 52.6 Å². The van der Waals surface area contributed by atoms with Crippen LogP contribution in [0.5, 0.6) is 0 Å². The summed E-state index contributed by atoms with van der Waals surface area (Å²) in [7, 11) is 0. The Hall–Kier alpha value is -1.55. The molecule has 0 spiro atoms. The van der Waals surface area contributed by atoms with Crippen molar-refractivity contribution in [2.45, 2.75) is 19.3 Å². The summed E-state index contributed by atoms with van der Waals surface area (Å²) in [6.45, 7) is 2.32. The SMILES string of the molecule is O=C(NCCCc1ccccc1)N1CCC(CO)C1. The molecule has 0 radical (unpaired) electrons. The zero-order valence-corrected chi connectivity index (χ0v) is 11.2. The summed E-state index contributed by atoms with van der Waals surface area (Å²) in [6.07, 6.45) is 2.85. The molecule has 1 saturated heterocycles. The fraction of sp³-hybridized carbons (Fsp3) is 0.533. The molecule has 2 N–H and O–H groups in total. The van der Waals surface area contributed by atoms with Crippen LogP contribution in [0.15, 0.2) is 30.3 Å². The van der Waals surface area contributed by atoms with Crippen molar-refractivity contribution in [1.82, 2.24) is 10.2 Å². The van der Waals surface area contributed by atoms with E-state index in [2.05, 4.69) is 17.4 Å². The van der Waals surface area contributed by atoms with Gasteiger partial charge in [-0.25, -0.2) is 4.79 Å². The first-order valence-electron chi connectivity index (χ1n) is 6.97. The number of nitrogens with zero attached hydrogens (tertiary/aromatic N) is 1. The van der Waals surface area contributed by atoms with Gasteiger partial charge < -0.3 is 15.3 Å². The van der Waals surface area contributed by atoms with E-state index in [0.29, 0.717) is 13.1 Å². The normalized spacial score (nSPS) is 18.6. The maximum absolute atomic E-state index is 11.9. The van der Waals surface area contributed by atoms with Crippen LogP contribution in [-0.2, 0) is 6.42 Å². The van der Waals surface area contributed by atoms with Gasteiger partial charge in [-0.05, 0) is 24.8 Å². The molecule has 2 rings (SSSR count). The highest BCUT2D eigenvalue weighted by Crippen LogP contribution is 2.15. The summed E-state index contributed by atoms with van der Waals surface area (Å²) in [5.74, 6) is 0.259. The molecule has 2 amide bonds. The van der Waals surface area contributed by atoms with Crippen molar-refractivity contribution >= 4 is 6.03 Å². The Morgan fingerprint density at radius 2 is 2.16 bits per heavy atom. The number of carbonyl (C=O) groups excluding carboxylic acids is 1. The van der Waals surface area contributed by atoms with E-state index in [9.17, 15) is 4.79 Å². The lowest BCUT2D eigenvalue weighted by molar-refractivity contribution is 0.198. The third-order valence-electron chi connectivity index (χ3n) is 3.59. The molecular formula is C15H22N2O2. The molecule has 104 valence electrons. The molecule has 0 aliphatic carbocycles. The number of hydrogen-bond acceptors (Lipinski definition) is 2. The first-order chi connectivity index (χ1) is 9.29. The second-order valence-electron chi connectivity index (χ2n) is 5.10. The van der Waals surface area contributed by atoms with Crippen LogP contribution in [0.2, 0.25) is 0 Å². The summed E-state index contributed by atoms with van der Waals surface area (Å²) in [5, 5.41) is 12.0. The van der Waals surface area contributed by atoms with Gasteiger partial charge in [-0.15, -0.1) is 0 Å². The maximum Gasteiger partial charge on any atom is 0.317 e. The minimum absolute atomic E-state index is 0.00371. The molecule has 19 heavy (non-hydrogen) atoms. The van der Waals surface area contributed by atoms with Gasteiger partial charge in [0.15, 0.2) is 0 Å². The zero-order chi connectivity index (χ0) is 13.5. The Morgan fingerprint density at radius 3 is 2.84 bits per heavy atom. The fourth-order valence-corrected chi connectivity index (χ4v) is 2.41. The van der Waals surface area contributed by atoms with Gasteiger partial charge >= 0.3 is 6.03 Å². The molecule has 1 aromatic rings. The second-order valence-corrected chi connectivity index (χ2v) is 5.10. The van der Waals surface area contributed by atoms with E-state index in [1.165, 1.54) is 5.56 Å². The van der Waals surface area contributed by atoms with Crippen LogP contribution >= 0.6 is 0 Å². The van der Waals surface area contributed by atoms with E-state index in [1.807, 2.05) is 18.2 Å². The quantitative estimate of drug-likeness (QED) is 0.793. The van der Waals surface area contributed by atoms with Gasteiger partial charge in [0.25, 0.3) is 0 Å². The van der Waals surface area contributed by atoms with Gasteiger partial charge in [0.1, 0.15) is 0 Å². The molecule has 4 heteroatoms. The van der Waals surface area contributed by atoms with Crippen LogP contribution in [0.1, 0.15) is 18.4 Å². The molecule has 1 aromatic carbocycles. The van der Waals surface area contributed by atoms with Crippen LogP contribution in [-0.4, -0.2) is 42.3 Å². The van der Waals surface area contributed by atoms with Crippen LogP contribution < -0.4 is 5.32 Å². The van der Waals surface area contributed by atoms with Crippen molar-refractivity contribution in [3.8, 4) is 0 Å². The van der Waals surface area contributed by atoms with Gasteiger partial charge in [-0.3, -0.25) is 0 Å². The lowest BCUT2D eigenvalue weighted by Crippen LogP contribution is -2.39. The number of benzene rings is 1. The number of likely N-dealkylation sites (tertiary alicyclic amines) is 1. The summed E-state index contributed by atoms with van der Waals surface area (Å²) in [5.41, 5.74) is 1.30. The highest BCUT2D eigenvalue weighted by atomic mass is 16.3. The zero-order valence-electron chi connectivity index (χ0n) is 11.2. The van der Waals surface area contributed by atoms with Crippen molar-refractivity contribution in [3.05, 3.63) is 35.9 Å². The average Bonchev–Trinajstić information content (AvgIpc) is 2.93. The number of aliphatic hydroxyl groups is 1. The monoisotopic (exact) mass is 262 g/mol. The van der Waals surface area contributed by atoms with Gasteiger partial charge in [0.2, 0.25) is 0 Å². The van der Waals surface area contributed by atoms with Crippen LogP contribution in [0.3, 0.4) is 0 Å². The van der Waals surface area contributed by atoms with Crippen molar-refractivity contribution < 1.29 is 9.90 Å². The molecule has 0 bridgehead atoms. The highest BCUT2D eigenvalue weighted by Gasteiger charge is 2.25. The standard InChI is InChI=1S/C15H22N2O2/c18-12-14-8-10-17(11-14)15(19)16-9-4-7-13-5-2-1-3-6-13/h1-3,5-6,14,18H,4,7-12H2,(H,16,19). The molecule has 4 nitrogen and oxygen atoms in total. The molecule has 1 heterocycles. The molecule has 1 aliphatic rings. The molecule has 1 unspecified atom stereocenters. The first-order valence-corrected chi connectivity index (χ1v) is 6.97. The molecule has 0 aromatic heterocycles. The van der Waals surface area contributed by atoms with Gasteiger partial charge in [-0.2, -0.15) is 0 Å². The van der Waals surface area contributed by atoms with Gasteiger partial charge in [0, 0.05) is 32.2 Å². The average molecular weight is 262 g/mol. The third-order valence-corrected chi connectivity index (χ3v) is 3.59. The number of urea groups is 1. The van der Waals surface area contributed by atoms with E-state index in [0.717, 1.165) is 25.8 Å². The Balaban J connectivity index is 1.62. The smallest absolute Gasteiger partial charge is 0.317 e. The Labute approximate surface area is 114 Å². The van der Waals surface area contributed by atoms with E-state index >= 15 is 0 Å². The fourth-order valence-electron chi connectivity index (χ4n) is 2.41. The lowest BCUT2D eigenvalue weighted by Gasteiger charge is -2.17. The van der Waals surface area contributed by atoms with Crippen molar-refractivity contribution in [3.63, 3.8) is 0 Å². The Bertz CT molecular complexity index is 394. The van der Waals surface area contributed by atoms with Crippen molar-refractivity contribution in [2.24, 2.45) is 5.92 Å². The van der Waals surface area contributed by atoms with Crippen molar-refractivity contribution in [2.75, 3.05) is 26.2 Å². The minimum Gasteiger partial charge on any atom is -0.396 e.